The fourth-order valence-electron chi connectivity index (χ4n) is 3.69. The van der Waals surface area contributed by atoms with Gasteiger partial charge in [0.05, 0.1) is 0 Å². The molecular weight excluding hydrogens is 503 g/mol. The van der Waals surface area contributed by atoms with Crippen molar-refractivity contribution in [3.8, 4) is 0 Å². The van der Waals surface area contributed by atoms with E-state index < -0.39 is 19.8 Å². The molecule has 0 saturated carbocycles. The Hall–Kier alpha value is -0.890. The maximum absolute atomic E-state index is 12.0. The summed E-state index contributed by atoms with van der Waals surface area (Å²) in [5.74, 6) is 1.05. The van der Waals surface area contributed by atoms with E-state index in [0.29, 0.717) is 12.5 Å². The number of carbonyl (C=O) groups is 1. The number of aryl methyl sites for hydroxylation is 2. The van der Waals surface area contributed by atoms with E-state index in [-0.39, 0.29) is 11.6 Å². The number of halogens is 1. The van der Waals surface area contributed by atoms with Crippen molar-refractivity contribution < 1.29 is 14.3 Å². The van der Waals surface area contributed by atoms with Crippen LogP contribution in [0.2, 0.25) is 0 Å². The predicted octanol–water partition coefficient (Wildman–Crippen LogP) is 5.82. The monoisotopic (exact) mass is 546 g/mol. The first-order valence-corrected chi connectivity index (χ1v) is 16.4. The number of carbonyl (C=O) groups excluding carboxylic acids is 1. The van der Waals surface area contributed by atoms with Gasteiger partial charge in [0.25, 0.3) is 0 Å². The van der Waals surface area contributed by atoms with E-state index >= 15 is 0 Å². The number of aromatic nitrogens is 1. The Bertz CT molecular complexity index is 675. The number of rotatable bonds is 13. The van der Waals surface area contributed by atoms with E-state index in [1.165, 1.54) is 50.2 Å². The van der Waals surface area contributed by atoms with Crippen molar-refractivity contribution in [2.24, 2.45) is 0 Å². The van der Waals surface area contributed by atoms with Crippen LogP contribution in [0.5, 0.6) is 0 Å². The summed E-state index contributed by atoms with van der Waals surface area (Å²) in [5.41, 5.74) is 2.19. The molecule has 0 saturated heterocycles. The number of methoxy groups -OCH3 is 1. The van der Waals surface area contributed by atoms with Crippen LogP contribution in [-0.4, -0.2) is 49.6 Å². The summed E-state index contributed by atoms with van der Waals surface area (Å²) in [6, 6.07) is 4.46. The standard InChI is InChI=1S/C25H43IN2O3/c1-20(30-5)19-26(17-9-13-23(29)31-25(2,3)4)16-8-6-7-12-22-15-14-21-11-10-18-27-24(21)28-22/h14-15,20H,6-13,16-19H2,1-5H3,(H,27,28)/t20-/m1/s1. The van der Waals surface area contributed by atoms with Gasteiger partial charge >= 0.3 is 197 Å². The molecule has 6 heteroatoms. The zero-order valence-electron chi connectivity index (χ0n) is 20.3. The van der Waals surface area contributed by atoms with Crippen LogP contribution in [0.1, 0.15) is 77.5 Å². The number of anilines is 1. The van der Waals surface area contributed by atoms with E-state index in [9.17, 15) is 4.79 Å². The second kappa shape index (κ2) is 13.6. The molecule has 0 bridgehead atoms. The minimum atomic E-state index is -1.11. The van der Waals surface area contributed by atoms with Gasteiger partial charge in [-0.1, -0.05) is 0 Å². The molecule has 2 rings (SSSR count). The van der Waals surface area contributed by atoms with Crippen LogP contribution >= 0.6 is 19.8 Å². The number of hydrogen-bond acceptors (Lipinski definition) is 5. The third-order valence-corrected chi connectivity index (χ3v) is 12.4. The molecule has 31 heavy (non-hydrogen) atoms. The van der Waals surface area contributed by atoms with Crippen LogP contribution in [0.15, 0.2) is 12.1 Å². The SMILES string of the molecule is CO[C@H](C)CI(CCCCCc1ccc2c(n1)NCCC2)CCCC(=O)OC(C)(C)C. The molecule has 0 unspecified atom stereocenters. The third-order valence-electron chi connectivity index (χ3n) is 5.33. The first-order valence-electron chi connectivity index (χ1n) is 11.8. The number of hydrogen-bond donors (Lipinski definition) is 1. The Balaban J connectivity index is 1.68. The van der Waals surface area contributed by atoms with Gasteiger partial charge in [0.2, 0.25) is 0 Å². The van der Waals surface area contributed by atoms with E-state index in [1.54, 1.807) is 7.11 Å². The number of esters is 1. The van der Waals surface area contributed by atoms with Crippen molar-refractivity contribution in [3.05, 3.63) is 23.4 Å². The molecule has 0 amide bonds. The van der Waals surface area contributed by atoms with Crippen LogP contribution in [0.25, 0.3) is 0 Å². The average molecular weight is 547 g/mol. The van der Waals surface area contributed by atoms with Gasteiger partial charge in [0, 0.05) is 0 Å². The maximum atomic E-state index is 12.0. The molecule has 0 aliphatic carbocycles. The van der Waals surface area contributed by atoms with Gasteiger partial charge in [-0.05, 0) is 0 Å². The summed E-state index contributed by atoms with van der Waals surface area (Å²) in [7, 11) is 1.81. The molecule has 1 aliphatic rings. The number of unbranched alkanes of at least 4 members (excludes halogenated alkanes) is 2. The molecule has 0 fully saturated rings. The summed E-state index contributed by atoms with van der Waals surface area (Å²) in [6.45, 7) is 9.01. The molecule has 0 radical (unpaired) electrons. The Labute approximate surface area is 196 Å². The van der Waals surface area contributed by atoms with Crippen LogP contribution in [0, 0.1) is 0 Å². The van der Waals surface area contributed by atoms with Crippen molar-refractivity contribution in [2.45, 2.75) is 90.8 Å². The summed E-state index contributed by atoms with van der Waals surface area (Å²) in [5, 5.41) is 3.43. The molecule has 2 heterocycles. The van der Waals surface area contributed by atoms with Crippen molar-refractivity contribution in [2.75, 3.05) is 32.3 Å². The van der Waals surface area contributed by atoms with Gasteiger partial charge in [-0.25, -0.2) is 0 Å². The Morgan fingerprint density at radius 1 is 1.19 bits per heavy atom. The van der Waals surface area contributed by atoms with E-state index in [0.717, 1.165) is 31.6 Å². The summed E-state index contributed by atoms with van der Waals surface area (Å²) in [4.78, 5) is 16.8. The van der Waals surface area contributed by atoms with E-state index in [2.05, 4.69) is 24.4 Å². The number of ether oxygens (including phenoxy) is 2. The summed E-state index contributed by atoms with van der Waals surface area (Å²) in [6.07, 6.45) is 9.01. The molecule has 0 aromatic carbocycles. The van der Waals surface area contributed by atoms with Crippen LogP contribution in [0.3, 0.4) is 0 Å². The van der Waals surface area contributed by atoms with Gasteiger partial charge in [-0.2, -0.15) is 0 Å². The fourth-order valence-corrected chi connectivity index (χ4v) is 10.3. The third kappa shape index (κ3) is 11.0. The molecule has 1 aromatic rings. The molecule has 1 aromatic heterocycles. The quantitative estimate of drug-likeness (QED) is 0.146. The molecule has 5 nitrogen and oxygen atoms in total. The molecule has 1 atom stereocenters. The topological polar surface area (TPSA) is 60.5 Å². The Morgan fingerprint density at radius 2 is 1.97 bits per heavy atom. The fraction of sp³-hybridized carbons (Fsp3) is 0.760. The number of nitrogens with zero attached hydrogens (tertiary/aromatic N) is 1. The van der Waals surface area contributed by atoms with Gasteiger partial charge in [0.1, 0.15) is 0 Å². The number of fused-ring (bicyclic) bond motifs is 1. The van der Waals surface area contributed by atoms with Crippen molar-refractivity contribution >= 4 is 31.6 Å². The first kappa shape index (κ1) is 26.4. The zero-order valence-corrected chi connectivity index (χ0v) is 22.4. The second-order valence-corrected chi connectivity index (χ2v) is 15.8. The van der Waals surface area contributed by atoms with Gasteiger partial charge in [0.15, 0.2) is 0 Å². The molecule has 0 spiro atoms. The van der Waals surface area contributed by atoms with Crippen molar-refractivity contribution in [1.82, 2.24) is 4.98 Å². The predicted molar refractivity (Wildman–Crippen MR) is 139 cm³/mol. The number of nitrogens with one attached hydrogen (secondary N) is 1. The molecule has 178 valence electrons. The molecular formula is C25H43IN2O3. The number of pyridine rings is 1. The normalized spacial score (nSPS) is 15.1. The van der Waals surface area contributed by atoms with Crippen LogP contribution < -0.4 is 5.32 Å². The Kier molecular flexibility index (Phi) is 11.6. The van der Waals surface area contributed by atoms with Gasteiger partial charge in [-0.15, -0.1) is 0 Å². The van der Waals surface area contributed by atoms with Crippen LogP contribution in [-0.2, 0) is 27.1 Å². The van der Waals surface area contributed by atoms with Gasteiger partial charge in [-0.3, -0.25) is 0 Å². The Morgan fingerprint density at radius 3 is 2.71 bits per heavy atom. The average Bonchev–Trinajstić information content (AvgIpc) is 2.71. The van der Waals surface area contributed by atoms with Gasteiger partial charge < -0.3 is 0 Å². The minimum absolute atomic E-state index is 0.0600. The molecule has 1 N–H and O–H groups in total. The van der Waals surface area contributed by atoms with E-state index in [4.69, 9.17) is 14.5 Å². The second-order valence-electron chi connectivity index (χ2n) is 9.49. The van der Waals surface area contributed by atoms with E-state index in [1.807, 2.05) is 20.8 Å². The van der Waals surface area contributed by atoms with Crippen molar-refractivity contribution in [1.29, 1.82) is 0 Å². The number of alkyl halides is 3. The molecule has 1 aliphatic heterocycles. The zero-order chi connectivity index (χ0) is 22.7. The van der Waals surface area contributed by atoms with Crippen LogP contribution in [0.4, 0.5) is 5.82 Å². The summed E-state index contributed by atoms with van der Waals surface area (Å²) >= 11 is -1.11. The first-order chi connectivity index (χ1) is 14.8. The summed E-state index contributed by atoms with van der Waals surface area (Å²) < 4.78 is 14.8. The van der Waals surface area contributed by atoms with Crippen molar-refractivity contribution in [3.63, 3.8) is 0 Å².